The van der Waals surface area contributed by atoms with Gasteiger partial charge < -0.3 is 15.4 Å². The van der Waals surface area contributed by atoms with Crippen molar-refractivity contribution in [3.63, 3.8) is 0 Å². The predicted molar refractivity (Wildman–Crippen MR) is 66.7 cm³/mol. The van der Waals surface area contributed by atoms with Gasteiger partial charge in [0.15, 0.2) is 0 Å². The number of nitrogens with zero attached hydrogens (tertiary/aromatic N) is 1. The number of nitrogens with two attached hydrogens (primary N) is 1. The molecular formula is C13H18N2O. The van der Waals surface area contributed by atoms with Crippen molar-refractivity contribution in [3.05, 3.63) is 30.0 Å². The maximum absolute atomic E-state index is 9.46. The number of hydrogen-bond acceptors (Lipinski definition) is 2. The first-order valence-corrected chi connectivity index (χ1v) is 5.66. The maximum Gasteiger partial charge on any atom is 0.116 e. The van der Waals surface area contributed by atoms with E-state index in [-0.39, 0.29) is 0 Å². The van der Waals surface area contributed by atoms with Crippen LogP contribution in [0.2, 0.25) is 0 Å². The van der Waals surface area contributed by atoms with Gasteiger partial charge in [-0.25, -0.2) is 0 Å². The summed E-state index contributed by atoms with van der Waals surface area (Å²) in [5, 5.41) is 10.5. The fourth-order valence-electron chi connectivity index (χ4n) is 2.23. The SMILES string of the molecule is CC(C)n1c(CCN)cc2cc(O)ccc21. The summed E-state index contributed by atoms with van der Waals surface area (Å²) < 4.78 is 2.28. The van der Waals surface area contributed by atoms with Gasteiger partial charge >= 0.3 is 0 Å². The third-order valence-electron chi connectivity index (χ3n) is 2.82. The highest BCUT2D eigenvalue weighted by Gasteiger charge is 2.10. The number of aromatic nitrogens is 1. The average molecular weight is 218 g/mol. The van der Waals surface area contributed by atoms with Crippen LogP contribution in [0.3, 0.4) is 0 Å². The Kier molecular flexibility index (Phi) is 2.88. The highest BCUT2D eigenvalue weighted by molar-refractivity contribution is 5.83. The van der Waals surface area contributed by atoms with Crippen LogP contribution in [0, 0.1) is 0 Å². The Labute approximate surface area is 95.5 Å². The molecule has 0 spiro atoms. The van der Waals surface area contributed by atoms with E-state index in [1.807, 2.05) is 6.07 Å². The van der Waals surface area contributed by atoms with Crippen LogP contribution in [0.1, 0.15) is 25.6 Å². The molecule has 0 fully saturated rings. The fourth-order valence-corrected chi connectivity index (χ4v) is 2.23. The molecule has 0 unspecified atom stereocenters. The second-order valence-electron chi connectivity index (χ2n) is 4.38. The molecule has 3 N–H and O–H groups in total. The van der Waals surface area contributed by atoms with Gasteiger partial charge in [0.1, 0.15) is 5.75 Å². The number of fused-ring (bicyclic) bond motifs is 1. The molecular weight excluding hydrogens is 200 g/mol. The van der Waals surface area contributed by atoms with Crippen LogP contribution in [0.4, 0.5) is 0 Å². The highest BCUT2D eigenvalue weighted by Crippen LogP contribution is 2.27. The van der Waals surface area contributed by atoms with Crippen molar-refractivity contribution in [2.24, 2.45) is 5.73 Å². The summed E-state index contributed by atoms with van der Waals surface area (Å²) in [7, 11) is 0. The zero-order valence-electron chi connectivity index (χ0n) is 9.77. The second-order valence-corrected chi connectivity index (χ2v) is 4.38. The number of aromatic hydroxyl groups is 1. The van der Waals surface area contributed by atoms with E-state index in [4.69, 9.17) is 5.73 Å². The molecule has 1 aromatic heterocycles. The number of benzene rings is 1. The molecule has 1 aromatic carbocycles. The van der Waals surface area contributed by atoms with Crippen molar-refractivity contribution in [2.75, 3.05) is 6.54 Å². The molecule has 0 saturated carbocycles. The maximum atomic E-state index is 9.46. The van der Waals surface area contributed by atoms with Crippen molar-refractivity contribution < 1.29 is 5.11 Å². The lowest BCUT2D eigenvalue weighted by molar-refractivity contribution is 0.476. The van der Waals surface area contributed by atoms with Gasteiger partial charge in [-0.2, -0.15) is 0 Å². The smallest absolute Gasteiger partial charge is 0.116 e. The highest BCUT2D eigenvalue weighted by atomic mass is 16.3. The monoisotopic (exact) mass is 218 g/mol. The molecule has 0 aliphatic heterocycles. The Morgan fingerprint density at radius 2 is 2.06 bits per heavy atom. The molecule has 0 radical (unpaired) electrons. The Morgan fingerprint density at radius 1 is 1.31 bits per heavy atom. The molecule has 0 amide bonds. The molecule has 0 atom stereocenters. The van der Waals surface area contributed by atoms with Gasteiger partial charge in [0.25, 0.3) is 0 Å². The molecule has 0 aliphatic carbocycles. The first kappa shape index (κ1) is 11.0. The van der Waals surface area contributed by atoms with E-state index in [1.54, 1.807) is 12.1 Å². The van der Waals surface area contributed by atoms with E-state index in [1.165, 1.54) is 5.69 Å². The van der Waals surface area contributed by atoms with Crippen LogP contribution in [-0.4, -0.2) is 16.2 Å². The molecule has 86 valence electrons. The first-order chi connectivity index (χ1) is 7.63. The summed E-state index contributed by atoms with van der Waals surface area (Å²) in [5.41, 5.74) is 8.02. The summed E-state index contributed by atoms with van der Waals surface area (Å²) >= 11 is 0. The zero-order chi connectivity index (χ0) is 11.7. The van der Waals surface area contributed by atoms with Crippen LogP contribution in [0.15, 0.2) is 24.3 Å². The van der Waals surface area contributed by atoms with Crippen molar-refractivity contribution in [1.29, 1.82) is 0 Å². The summed E-state index contributed by atoms with van der Waals surface area (Å²) in [6, 6.07) is 8.01. The largest absolute Gasteiger partial charge is 0.508 e. The summed E-state index contributed by atoms with van der Waals surface area (Å²) in [6.45, 7) is 4.97. The second kappa shape index (κ2) is 4.18. The minimum absolute atomic E-state index is 0.313. The van der Waals surface area contributed by atoms with Crippen molar-refractivity contribution >= 4 is 10.9 Å². The zero-order valence-corrected chi connectivity index (χ0v) is 9.77. The molecule has 0 bridgehead atoms. The van der Waals surface area contributed by atoms with E-state index < -0.39 is 0 Å². The molecule has 3 heteroatoms. The Bertz CT molecular complexity index is 500. The molecule has 3 nitrogen and oxygen atoms in total. The van der Waals surface area contributed by atoms with Crippen molar-refractivity contribution in [2.45, 2.75) is 26.3 Å². The van der Waals surface area contributed by atoms with Crippen LogP contribution < -0.4 is 5.73 Å². The number of phenols is 1. The van der Waals surface area contributed by atoms with Gasteiger partial charge in [0.05, 0.1) is 0 Å². The lowest BCUT2D eigenvalue weighted by Crippen LogP contribution is -2.10. The molecule has 16 heavy (non-hydrogen) atoms. The third-order valence-corrected chi connectivity index (χ3v) is 2.82. The van der Waals surface area contributed by atoms with Gasteiger partial charge in [0, 0.05) is 22.6 Å². The van der Waals surface area contributed by atoms with E-state index >= 15 is 0 Å². The predicted octanol–water partition coefficient (Wildman–Crippen LogP) is 2.43. The van der Waals surface area contributed by atoms with Gasteiger partial charge in [-0.05, 0) is 51.1 Å². The Morgan fingerprint density at radius 3 is 2.69 bits per heavy atom. The number of rotatable bonds is 3. The van der Waals surface area contributed by atoms with Gasteiger partial charge in [-0.3, -0.25) is 0 Å². The van der Waals surface area contributed by atoms with E-state index in [2.05, 4.69) is 24.5 Å². The summed E-state index contributed by atoms with van der Waals surface area (Å²) in [6.07, 6.45) is 0.869. The molecule has 2 aromatic rings. The van der Waals surface area contributed by atoms with Crippen LogP contribution >= 0.6 is 0 Å². The van der Waals surface area contributed by atoms with E-state index in [0.29, 0.717) is 18.3 Å². The lowest BCUT2D eigenvalue weighted by atomic mass is 10.2. The molecule has 2 rings (SSSR count). The quantitative estimate of drug-likeness (QED) is 0.831. The Balaban J connectivity index is 2.65. The van der Waals surface area contributed by atoms with E-state index in [9.17, 15) is 5.11 Å². The molecule has 0 aliphatic rings. The number of hydrogen-bond donors (Lipinski definition) is 2. The molecule has 0 saturated heterocycles. The van der Waals surface area contributed by atoms with Crippen LogP contribution in [0.25, 0.3) is 10.9 Å². The van der Waals surface area contributed by atoms with Gasteiger partial charge in [-0.15, -0.1) is 0 Å². The molecule has 1 heterocycles. The normalized spacial score (nSPS) is 11.5. The first-order valence-electron chi connectivity index (χ1n) is 5.66. The van der Waals surface area contributed by atoms with Crippen LogP contribution in [0.5, 0.6) is 5.75 Å². The standard InChI is InChI=1S/C13H18N2O/c1-9(2)15-11(5-6-14)7-10-8-12(16)3-4-13(10)15/h3-4,7-9,16H,5-6,14H2,1-2H3. The third kappa shape index (κ3) is 1.78. The lowest BCUT2D eigenvalue weighted by Gasteiger charge is -2.14. The average Bonchev–Trinajstić information content (AvgIpc) is 2.55. The summed E-state index contributed by atoms with van der Waals surface area (Å²) in [4.78, 5) is 0. The number of phenolic OH excluding ortho intramolecular Hbond substituents is 1. The van der Waals surface area contributed by atoms with Crippen LogP contribution in [-0.2, 0) is 6.42 Å². The van der Waals surface area contributed by atoms with E-state index in [0.717, 1.165) is 17.3 Å². The fraction of sp³-hybridized carbons (Fsp3) is 0.385. The van der Waals surface area contributed by atoms with Gasteiger partial charge in [-0.1, -0.05) is 0 Å². The van der Waals surface area contributed by atoms with Crippen molar-refractivity contribution in [1.82, 2.24) is 4.57 Å². The minimum atomic E-state index is 0.313. The van der Waals surface area contributed by atoms with Gasteiger partial charge in [0.2, 0.25) is 0 Å². The van der Waals surface area contributed by atoms with Crippen molar-refractivity contribution in [3.8, 4) is 5.75 Å². The minimum Gasteiger partial charge on any atom is -0.508 e. The summed E-state index contributed by atoms with van der Waals surface area (Å²) in [5.74, 6) is 0.313. The topological polar surface area (TPSA) is 51.2 Å². The Hall–Kier alpha value is -1.48.